The average molecular weight is 423 g/mol. The molecule has 4 nitrogen and oxygen atoms in total. The van der Waals surface area contributed by atoms with Crippen LogP contribution in [-0.4, -0.2) is 38.1 Å². The minimum Gasteiger partial charge on any atom is -0.484 e. The number of hydrogen-bond acceptors (Lipinski definition) is 5. The van der Waals surface area contributed by atoms with E-state index in [2.05, 4.69) is 17.4 Å². The number of halogens is 1. The van der Waals surface area contributed by atoms with Gasteiger partial charge in [-0.25, -0.2) is 0 Å². The fourth-order valence-electron chi connectivity index (χ4n) is 2.73. The van der Waals surface area contributed by atoms with Crippen LogP contribution in [0.15, 0.2) is 42.5 Å². The maximum atomic E-state index is 12.3. The van der Waals surface area contributed by atoms with Gasteiger partial charge in [0.05, 0.1) is 16.0 Å². The molecule has 0 unspecified atom stereocenters. The van der Waals surface area contributed by atoms with Gasteiger partial charge >= 0.3 is 0 Å². The maximum absolute atomic E-state index is 12.3. The summed E-state index contributed by atoms with van der Waals surface area (Å²) < 4.78 is 6.14. The van der Waals surface area contributed by atoms with Crippen molar-refractivity contribution < 1.29 is 9.53 Å². The molecule has 0 spiro atoms. The Kier molecular flexibility index (Phi) is 7.21. The van der Waals surface area contributed by atoms with Crippen LogP contribution in [0, 0.1) is 0 Å². The predicted molar refractivity (Wildman–Crippen MR) is 119 cm³/mol. The number of anilines is 2. The van der Waals surface area contributed by atoms with Crippen LogP contribution >= 0.6 is 35.1 Å². The number of benzene rings is 2. The minimum atomic E-state index is -0.220. The molecule has 1 aliphatic heterocycles. The highest BCUT2D eigenvalue weighted by molar-refractivity contribution is 8.16. The second-order valence-corrected chi connectivity index (χ2v) is 9.55. The first kappa shape index (κ1) is 20.2. The van der Waals surface area contributed by atoms with Crippen molar-refractivity contribution in [2.24, 2.45) is 0 Å². The van der Waals surface area contributed by atoms with Crippen LogP contribution in [0.4, 0.5) is 11.4 Å². The number of hydrogen-bond donors (Lipinski definition) is 1. The maximum Gasteiger partial charge on any atom is 0.262 e. The zero-order valence-electron chi connectivity index (χ0n) is 15.4. The Morgan fingerprint density at radius 2 is 1.89 bits per heavy atom. The summed E-state index contributed by atoms with van der Waals surface area (Å²) in [7, 11) is 3.83. The summed E-state index contributed by atoms with van der Waals surface area (Å²) in [5.74, 6) is 2.91. The lowest BCUT2D eigenvalue weighted by Crippen LogP contribution is -2.22. The number of nitrogens with one attached hydrogen (secondary N) is 1. The monoisotopic (exact) mass is 422 g/mol. The van der Waals surface area contributed by atoms with E-state index in [0.29, 0.717) is 21.0 Å². The molecule has 0 aromatic heterocycles. The van der Waals surface area contributed by atoms with Gasteiger partial charge in [0.2, 0.25) is 0 Å². The Balaban J connectivity index is 1.55. The standard InChI is InChI=1S/C20H23ClN2O2S2/c1-23(2)18-9-6-15(21)12-17(18)22-19(24)13-25-16-7-4-14(5-8-16)20-26-10-3-11-27-20/h4-9,12,20H,3,10-11,13H2,1-2H3,(H,22,24). The molecule has 0 radical (unpaired) electrons. The molecule has 1 heterocycles. The third kappa shape index (κ3) is 5.74. The molecule has 144 valence electrons. The van der Waals surface area contributed by atoms with Crippen LogP contribution in [-0.2, 0) is 4.79 Å². The van der Waals surface area contributed by atoms with Crippen molar-refractivity contribution in [2.45, 2.75) is 11.0 Å². The summed E-state index contributed by atoms with van der Waals surface area (Å²) in [5, 5.41) is 3.44. The van der Waals surface area contributed by atoms with Gasteiger partial charge in [0.1, 0.15) is 5.75 Å². The normalized spacial score (nSPS) is 14.6. The molecular weight excluding hydrogens is 400 g/mol. The molecule has 1 N–H and O–H groups in total. The second-order valence-electron chi connectivity index (χ2n) is 6.39. The summed E-state index contributed by atoms with van der Waals surface area (Å²) in [6, 6.07) is 13.5. The van der Waals surface area contributed by atoms with Crippen LogP contribution in [0.25, 0.3) is 0 Å². The number of carbonyl (C=O) groups is 1. The fourth-order valence-corrected chi connectivity index (χ4v) is 5.80. The molecule has 0 bridgehead atoms. The van der Waals surface area contributed by atoms with Crippen molar-refractivity contribution in [3.8, 4) is 5.75 Å². The molecule has 0 saturated carbocycles. The third-order valence-corrected chi connectivity index (χ3v) is 7.31. The number of amides is 1. The molecule has 1 saturated heterocycles. The first-order valence-electron chi connectivity index (χ1n) is 8.75. The van der Waals surface area contributed by atoms with Gasteiger partial charge in [0, 0.05) is 19.1 Å². The quantitative estimate of drug-likeness (QED) is 0.684. The zero-order chi connectivity index (χ0) is 19.2. The Bertz CT molecular complexity index is 778. The molecule has 2 aromatic rings. The second kappa shape index (κ2) is 9.62. The molecule has 0 atom stereocenters. The highest BCUT2D eigenvalue weighted by Crippen LogP contribution is 2.43. The van der Waals surface area contributed by atoms with Crippen LogP contribution < -0.4 is 15.0 Å². The molecule has 1 fully saturated rings. The molecule has 7 heteroatoms. The van der Waals surface area contributed by atoms with Crippen LogP contribution in [0.1, 0.15) is 16.6 Å². The molecule has 27 heavy (non-hydrogen) atoms. The zero-order valence-corrected chi connectivity index (χ0v) is 17.8. The molecular formula is C20H23ClN2O2S2. The van der Waals surface area contributed by atoms with E-state index >= 15 is 0 Å². The number of thioether (sulfide) groups is 2. The largest absolute Gasteiger partial charge is 0.484 e. The van der Waals surface area contributed by atoms with Crippen molar-refractivity contribution in [1.82, 2.24) is 0 Å². The van der Waals surface area contributed by atoms with E-state index in [1.54, 1.807) is 12.1 Å². The lowest BCUT2D eigenvalue weighted by atomic mass is 10.2. The van der Waals surface area contributed by atoms with Crippen LogP contribution in [0.3, 0.4) is 0 Å². The van der Waals surface area contributed by atoms with E-state index < -0.39 is 0 Å². The van der Waals surface area contributed by atoms with Crippen molar-refractivity contribution in [2.75, 3.05) is 42.4 Å². The van der Waals surface area contributed by atoms with Crippen molar-refractivity contribution in [3.05, 3.63) is 53.1 Å². The van der Waals surface area contributed by atoms with E-state index in [-0.39, 0.29) is 12.5 Å². The van der Waals surface area contributed by atoms with E-state index in [1.807, 2.05) is 60.7 Å². The molecule has 1 aliphatic rings. The Hall–Kier alpha value is -1.50. The van der Waals surface area contributed by atoms with E-state index in [1.165, 1.54) is 23.5 Å². The van der Waals surface area contributed by atoms with Crippen LogP contribution in [0.5, 0.6) is 5.75 Å². The van der Waals surface area contributed by atoms with Gasteiger partial charge in [-0.15, -0.1) is 23.5 Å². The molecule has 0 aliphatic carbocycles. The van der Waals surface area contributed by atoms with Gasteiger partial charge in [-0.2, -0.15) is 0 Å². The summed E-state index contributed by atoms with van der Waals surface area (Å²) >= 11 is 10.0. The summed E-state index contributed by atoms with van der Waals surface area (Å²) in [6.07, 6.45) is 1.28. The average Bonchev–Trinajstić information content (AvgIpc) is 2.67. The summed E-state index contributed by atoms with van der Waals surface area (Å²) in [6.45, 7) is -0.0499. The molecule has 2 aromatic carbocycles. The number of rotatable bonds is 6. The van der Waals surface area contributed by atoms with E-state index in [0.717, 1.165) is 5.69 Å². The van der Waals surface area contributed by atoms with Gasteiger partial charge in [-0.3, -0.25) is 4.79 Å². The lowest BCUT2D eigenvalue weighted by Gasteiger charge is -2.21. The van der Waals surface area contributed by atoms with E-state index in [9.17, 15) is 4.79 Å². The Morgan fingerprint density at radius 1 is 1.19 bits per heavy atom. The summed E-state index contributed by atoms with van der Waals surface area (Å²) in [4.78, 5) is 14.2. The number of ether oxygens (including phenoxy) is 1. The van der Waals surface area contributed by atoms with Crippen molar-refractivity contribution >= 4 is 52.4 Å². The topological polar surface area (TPSA) is 41.6 Å². The third-order valence-electron chi connectivity index (χ3n) is 4.06. The van der Waals surface area contributed by atoms with Crippen molar-refractivity contribution in [1.29, 1.82) is 0 Å². The SMILES string of the molecule is CN(C)c1ccc(Cl)cc1NC(=O)COc1ccc(C2SCCCS2)cc1. The van der Waals surface area contributed by atoms with Gasteiger partial charge in [-0.05, 0) is 53.8 Å². The first-order chi connectivity index (χ1) is 13.0. The highest BCUT2D eigenvalue weighted by Gasteiger charge is 2.16. The molecule has 3 rings (SSSR count). The van der Waals surface area contributed by atoms with Gasteiger partial charge in [-0.1, -0.05) is 23.7 Å². The fraction of sp³-hybridized carbons (Fsp3) is 0.350. The first-order valence-corrected chi connectivity index (χ1v) is 11.2. The number of carbonyl (C=O) groups excluding carboxylic acids is 1. The Labute approximate surface area is 174 Å². The highest BCUT2D eigenvalue weighted by atomic mass is 35.5. The van der Waals surface area contributed by atoms with Crippen molar-refractivity contribution in [3.63, 3.8) is 0 Å². The molecule has 1 amide bonds. The number of nitrogens with zero attached hydrogens (tertiary/aromatic N) is 1. The smallest absolute Gasteiger partial charge is 0.262 e. The van der Waals surface area contributed by atoms with Gasteiger partial charge in [0.25, 0.3) is 5.91 Å². The predicted octanol–water partition coefficient (Wildman–Crippen LogP) is 5.29. The van der Waals surface area contributed by atoms with Crippen LogP contribution in [0.2, 0.25) is 5.02 Å². The minimum absolute atomic E-state index is 0.0499. The Morgan fingerprint density at radius 3 is 2.56 bits per heavy atom. The lowest BCUT2D eigenvalue weighted by molar-refractivity contribution is -0.118. The van der Waals surface area contributed by atoms with Gasteiger partial charge in [0.15, 0.2) is 6.61 Å². The van der Waals surface area contributed by atoms with Gasteiger partial charge < -0.3 is 15.0 Å². The summed E-state index contributed by atoms with van der Waals surface area (Å²) in [5.41, 5.74) is 2.86. The van der Waals surface area contributed by atoms with E-state index in [4.69, 9.17) is 16.3 Å².